The van der Waals surface area contributed by atoms with Gasteiger partial charge in [-0.2, -0.15) is 0 Å². The predicted octanol–water partition coefficient (Wildman–Crippen LogP) is 3.46. The van der Waals surface area contributed by atoms with Crippen molar-refractivity contribution in [1.29, 1.82) is 0 Å². The Morgan fingerprint density at radius 3 is 2.54 bits per heavy atom. The second-order valence-corrected chi connectivity index (χ2v) is 8.92. The minimum Gasteiger partial charge on any atom is -0.452 e. The number of nitrogens with one attached hydrogen (secondary N) is 1. The fraction of sp³-hybridized carbons (Fsp3) is 0.440. The number of carbonyl (C=O) groups is 2. The number of nitro benzene ring substituents is 1. The first-order chi connectivity index (χ1) is 16.9. The zero-order valence-corrected chi connectivity index (χ0v) is 19.8. The van der Waals surface area contributed by atoms with Crippen LogP contribution in [0.3, 0.4) is 0 Å². The normalized spacial score (nSPS) is 18.1. The Labute approximate surface area is 203 Å². The molecular weight excluding hydrogens is 452 g/mol. The molecule has 0 aliphatic carbocycles. The van der Waals surface area contributed by atoms with Gasteiger partial charge in [-0.15, -0.1) is 0 Å². The Morgan fingerprint density at radius 2 is 1.86 bits per heavy atom. The number of amides is 1. The van der Waals surface area contributed by atoms with Crippen molar-refractivity contribution in [1.82, 2.24) is 0 Å². The van der Waals surface area contributed by atoms with E-state index in [1.54, 1.807) is 18.2 Å². The van der Waals surface area contributed by atoms with Crippen LogP contribution in [0.1, 0.15) is 30.1 Å². The van der Waals surface area contributed by atoms with Crippen molar-refractivity contribution in [2.75, 3.05) is 61.1 Å². The van der Waals surface area contributed by atoms with E-state index in [9.17, 15) is 19.7 Å². The first-order valence-corrected chi connectivity index (χ1v) is 11.8. The third-order valence-corrected chi connectivity index (χ3v) is 6.27. The van der Waals surface area contributed by atoms with Crippen LogP contribution < -0.4 is 15.1 Å². The van der Waals surface area contributed by atoms with Crippen LogP contribution in [-0.2, 0) is 14.3 Å². The lowest BCUT2D eigenvalue weighted by atomic mass is 9.99. The number of benzene rings is 2. The molecule has 2 saturated heterocycles. The van der Waals surface area contributed by atoms with E-state index in [-0.39, 0.29) is 11.3 Å². The Balaban J connectivity index is 1.33. The number of morpholine rings is 1. The number of nitro groups is 1. The van der Waals surface area contributed by atoms with Crippen LogP contribution in [0, 0.1) is 16.0 Å². The molecule has 10 heteroatoms. The number of nitrogens with zero attached hydrogens (tertiary/aromatic N) is 3. The van der Waals surface area contributed by atoms with Gasteiger partial charge in [0.1, 0.15) is 5.69 Å². The van der Waals surface area contributed by atoms with Crippen molar-refractivity contribution in [3.8, 4) is 0 Å². The molecule has 0 aromatic heterocycles. The number of rotatable bonds is 7. The van der Waals surface area contributed by atoms with E-state index in [1.807, 2.05) is 17.0 Å². The number of hydrogen-bond donors (Lipinski definition) is 1. The molecule has 2 heterocycles. The molecule has 2 aliphatic heterocycles. The number of ether oxygens (including phenoxy) is 2. The van der Waals surface area contributed by atoms with Crippen LogP contribution in [0.5, 0.6) is 0 Å². The lowest BCUT2D eigenvalue weighted by Crippen LogP contribution is -2.36. The summed E-state index contributed by atoms with van der Waals surface area (Å²) in [7, 11) is 0. The van der Waals surface area contributed by atoms with Crippen molar-refractivity contribution in [2.24, 2.45) is 5.92 Å². The molecule has 186 valence electrons. The standard InChI is InChI=1S/C25H30N4O6/c1-18-3-2-10-28(16-18)22-9-4-19(15-23(22)29(32)33)25(31)35-17-24(30)26-20-5-7-21(8-6-20)27-11-13-34-14-12-27/h4-9,15,18H,2-3,10-14,16-17H2,1H3,(H,26,30). The largest absolute Gasteiger partial charge is 0.452 e. The minimum atomic E-state index is -0.788. The van der Waals surface area contributed by atoms with Gasteiger partial charge in [-0.1, -0.05) is 6.92 Å². The number of esters is 1. The maximum atomic E-state index is 12.5. The number of hydrogen-bond acceptors (Lipinski definition) is 8. The lowest BCUT2D eigenvalue weighted by molar-refractivity contribution is -0.384. The van der Waals surface area contributed by atoms with Crippen molar-refractivity contribution >= 4 is 34.6 Å². The summed E-state index contributed by atoms with van der Waals surface area (Å²) in [5.74, 6) is -0.836. The third-order valence-electron chi connectivity index (χ3n) is 6.27. The van der Waals surface area contributed by atoms with Crippen LogP contribution in [0.15, 0.2) is 42.5 Å². The molecule has 0 radical (unpaired) electrons. The second kappa shape index (κ2) is 11.2. The van der Waals surface area contributed by atoms with Crippen molar-refractivity contribution in [3.05, 3.63) is 58.1 Å². The Hall–Kier alpha value is -3.66. The summed E-state index contributed by atoms with van der Waals surface area (Å²) in [6.07, 6.45) is 2.06. The van der Waals surface area contributed by atoms with Crippen molar-refractivity contribution in [2.45, 2.75) is 19.8 Å². The maximum Gasteiger partial charge on any atom is 0.338 e. The summed E-state index contributed by atoms with van der Waals surface area (Å²) in [5, 5.41) is 14.4. The molecule has 2 aromatic carbocycles. The highest BCUT2D eigenvalue weighted by atomic mass is 16.6. The van der Waals surface area contributed by atoms with Gasteiger partial charge in [-0.25, -0.2) is 4.79 Å². The number of carbonyl (C=O) groups excluding carboxylic acids is 2. The van der Waals surface area contributed by atoms with E-state index in [0.29, 0.717) is 30.5 Å². The van der Waals surface area contributed by atoms with E-state index in [2.05, 4.69) is 17.1 Å². The molecule has 1 N–H and O–H groups in total. The van der Waals surface area contributed by atoms with E-state index in [0.717, 1.165) is 44.7 Å². The molecule has 1 unspecified atom stereocenters. The monoisotopic (exact) mass is 482 g/mol. The topological polar surface area (TPSA) is 114 Å². The van der Waals surface area contributed by atoms with E-state index in [1.165, 1.54) is 12.1 Å². The SMILES string of the molecule is CC1CCCN(c2ccc(C(=O)OCC(=O)Nc3ccc(N4CCOCC4)cc3)cc2[N+](=O)[O-])C1. The van der Waals surface area contributed by atoms with Gasteiger partial charge in [0.2, 0.25) is 0 Å². The molecule has 0 saturated carbocycles. The van der Waals surface area contributed by atoms with E-state index < -0.39 is 23.4 Å². The molecule has 2 aliphatic rings. The van der Waals surface area contributed by atoms with Crippen LogP contribution in [0.4, 0.5) is 22.7 Å². The van der Waals surface area contributed by atoms with E-state index >= 15 is 0 Å². The fourth-order valence-corrected chi connectivity index (χ4v) is 4.46. The van der Waals surface area contributed by atoms with Gasteiger partial charge < -0.3 is 24.6 Å². The average Bonchev–Trinajstić information content (AvgIpc) is 2.88. The second-order valence-electron chi connectivity index (χ2n) is 8.92. The molecule has 1 atom stereocenters. The van der Waals surface area contributed by atoms with Gasteiger partial charge in [0.25, 0.3) is 11.6 Å². The molecule has 4 rings (SSSR count). The number of piperidine rings is 1. The summed E-state index contributed by atoms with van der Waals surface area (Å²) < 4.78 is 10.5. The van der Waals surface area contributed by atoms with Crippen LogP contribution >= 0.6 is 0 Å². The highest BCUT2D eigenvalue weighted by Gasteiger charge is 2.25. The molecule has 0 bridgehead atoms. The first kappa shape index (κ1) is 24.5. The summed E-state index contributed by atoms with van der Waals surface area (Å²) in [6, 6.07) is 11.7. The summed E-state index contributed by atoms with van der Waals surface area (Å²) in [4.78, 5) is 40.1. The third kappa shape index (κ3) is 6.27. The van der Waals surface area contributed by atoms with Gasteiger partial charge >= 0.3 is 5.97 Å². The Kier molecular flexibility index (Phi) is 7.81. The first-order valence-electron chi connectivity index (χ1n) is 11.8. The van der Waals surface area contributed by atoms with E-state index in [4.69, 9.17) is 9.47 Å². The highest BCUT2D eigenvalue weighted by molar-refractivity contribution is 5.96. The predicted molar refractivity (Wildman–Crippen MR) is 132 cm³/mol. The Bertz CT molecular complexity index is 1070. The van der Waals surface area contributed by atoms with Crippen molar-refractivity contribution in [3.63, 3.8) is 0 Å². The quantitative estimate of drug-likeness (QED) is 0.363. The average molecular weight is 483 g/mol. The van der Waals surface area contributed by atoms with Gasteiger partial charge in [0.05, 0.1) is 23.7 Å². The molecular formula is C25H30N4O6. The highest BCUT2D eigenvalue weighted by Crippen LogP contribution is 2.32. The smallest absolute Gasteiger partial charge is 0.338 e. The zero-order chi connectivity index (χ0) is 24.8. The van der Waals surface area contributed by atoms with Crippen LogP contribution in [0.2, 0.25) is 0 Å². The lowest BCUT2D eigenvalue weighted by Gasteiger charge is -2.32. The summed E-state index contributed by atoms with van der Waals surface area (Å²) in [6.45, 7) is 6.10. The minimum absolute atomic E-state index is 0.0353. The van der Waals surface area contributed by atoms with Gasteiger partial charge in [-0.05, 0) is 55.2 Å². The molecule has 10 nitrogen and oxygen atoms in total. The summed E-state index contributed by atoms with van der Waals surface area (Å²) in [5.41, 5.74) is 2.02. The van der Waals surface area contributed by atoms with Gasteiger partial charge in [-0.3, -0.25) is 14.9 Å². The van der Waals surface area contributed by atoms with Gasteiger partial charge in [0.15, 0.2) is 6.61 Å². The molecule has 2 aromatic rings. The molecule has 2 fully saturated rings. The molecule has 35 heavy (non-hydrogen) atoms. The molecule has 0 spiro atoms. The van der Waals surface area contributed by atoms with Gasteiger partial charge in [0, 0.05) is 43.6 Å². The van der Waals surface area contributed by atoms with Crippen molar-refractivity contribution < 1.29 is 24.0 Å². The van der Waals surface area contributed by atoms with Crippen LogP contribution in [0.25, 0.3) is 0 Å². The fourth-order valence-electron chi connectivity index (χ4n) is 4.46. The van der Waals surface area contributed by atoms with Crippen LogP contribution in [-0.4, -0.2) is 62.8 Å². The zero-order valence-electron chi connectivity index (χ0n) is 19.8. The number of anilines is 3. The maximum absolute atomic E-state index is 12.5. The summed E-state index contributed by atoms with van der Waals surface area (Å²) >= 11 is 0. The Morgan fingerprint density at radius 1 is 1.11 bits per heavy atom. The molecule has 1 amide bonds.